The minimum absolute atomic E-state index is 0.138. The number of hydrogen-bond acceptors (Lipinski definition) is 0. The van der Waals surface area contributed by atoms with Gasteiger partial charge in [0.25, 0.3) is 0 Å². The Hall–Kier alpha value is -0.370. The number of halogens is 2. The molecule has 0 nitrogen and oxygen atoms in total. The zero-order chi connectivity index (χ0) is 9.64. The van der Waals surface area contributed by atoms with E-state index in [9.17, 15) is 4.39 Å². The van der Waals surface area contributed by atoms with Gasteiger partial charge in [-0.15, -0.1) is 0 Å². The van der Waals surface area contributed by atoms with E-state index in [1.54, 1.807) is 12.1 Å². The highest BCUT2D eigenvalue weighted by atomic mass is 79.9. The van der Waals surface area contributed by atoms with Crippen LogP contribution in [0.4, 0.5) is 4.39 Å². The molecule has 1 atom stereocenters. The maximum absolute atomic E-state index is 13.0. The van der Waals surface area contributed by atoms with Gasteiger partial charge in [-0.05, 0) is 35.1 Å². The summed E-state index contributed by atoms with van der Waals surface area (Å²) in [6.45, 7) is 4.40. The van der Waals surface area contributed by atoms with Crippen LogP contribution in [0.1, 0.15) is 36.2 Å². The summed E-state index contributed by atoms with van der Waals surface area (Å²) in [5.74, 6) is -0.138. The van der Waals surface area contributed by atoms with Gasteiger partial charge in [0.15, 0.2) is 0 Å². The third kappa shape index (κ3) is 1.41. The molecule has 70 valence electrons. The van der Waals surface area contributed by atoms with E-state index in [1.165, 1.54) is 5.56 Å². The van der Waals surface area contributed by atoms with Gasteiger partial charge in [0, 0.05) is 4.83 Å². The zero-order valence-corrected chi connectivity index (χ0v) is 9.36. The van der Waals surface area contributed by atoms with Crippen molar-refractivity contribution in [1.82, 2.24) is 0 Å². The van der Waals surface area contributed by atoms with Crippen LogP contribution in [0.15, 0.2) is 18.2 Å². The van der Waals surface area contributed by atoms with Gasteiger partial charge in [0.05, 0.1) is 0 Å². The molecule has 2 rings (SSSR count). The van der Waals surface area contributed by atoms with Crippen LogP contribution in [0.3, 0.4) is 0 Å². The molecule has 1 aromatic rings. The average molecular weight is 243 g/mol. The van der Waals surface area contributed by atoms with E-state index in [2.05, 4.69) is 29.8 Å². The Kier molecular flexibility index (Phi) is 1.99. The Morgan fingerprint density at radius 1 is 1.46 bits per heavy atom. The molecule has 0 fully saturated rings. The lowest BCUT2D eigenvalue weighted by molar-refractivity contribution is 0.520. The van der Waals surface area contributed by atoms with E-state index < -0.39 is 0 Å². The number of hydrogen-bond donors (Lipinski definition) is 0. The summed E-state index contributed by atoms with van der Waals surface area (Å²) in [4.78, 5) is 0.313. The fourth-order valence-corrected chi connectivity index (χ4v) is 3.27. The Bertz CT molecular complexity index is 344. The fourth-order valence-electron chi connectivity index (χ4n) is 2.08. The van der Waals surface area contributed by atoms with E-state index in [1.807, 2.05) is 6.07 Å². The van der Waals surface area contributed by atoms with Crippen LogP contribution in [0.5, 0.6) is 0 Å². The molecule has 0 spiro atoms. The zero-order valence-electron chi connectivity index (χ0n) is 7.77. The third-order valence-electron chi connectivity index (χ3n) is 2.77. The summed E-state index contributed by atoms with van der Waals surface area (Å²) >= 11 is 3.58. The molecule has 2 heteroatoms. The van der Waals surface area contributed by atoms with Crippen molar-refractivity contribution < 1.29 is 4.39 Å². The average Bonchev–Trinajstić information content (AvgIpc) is 2.22. The number of benzene rings is 1. The predicted octanol–water partition coefficient (Wildman–Crippen LogP) is 3.94. The molecule has 0 radical (unpaired) electrons. The van der Waals surface area contributed by atoms with Gasteiger partial charge in [-0.2, -0.15) is 0 Å². The second-order valence-electron chi connectivity index (χ2n) is 4.29. The first kappa shape index (κ1) is 9.20. The first-order valence-electron chi connectivity index (χ1n) is 4.45. The molecule has 0 aromatic heterocycles. The van der Waals surface area contributed by atoms with Crippen molar-refractivity contribution in [2.75, 3.05) is 0 Å². The largest absolute Gasteiger partial charge is 0.207 e. The van der Waals surface area contributed by atoms with Crippen LogP contribution >= 0.6 is 15.9 Å². The smallest absolute Gasteiger partial charge is 0.123 e. The lowest BCUT2D eigenvalue weighted by atomic mass is 9.87. The molecular formula is C11H12BrF. The first-order valence-corrected chi connectivity index (χ1v) is 5.36. The molecule has 0 amide bonds. The van der Waals surface area contributed by atoms with Crippen molar-refractivity contribution in [2.45, 2.75) is 30.5 Å². The second kappa shape index (κ2) is 2.81. The highest BCUT2D eigenvalue weighted by Crippen LogP contribution is 2.48. The van der Waals surface area contributed by atoms with E-state index >= 15 is 0 Å². The number of alkyl halides is 1. The maximum Gasteiger partial charge on any atom is 0.123 e. The Morgan fingerprint density at radius 3 is 2.85 bits per heavy atom. The van der Waals surface area contributed by atoms with Gasteiger partial charge in [-0.1, -0.05) is 35.8 Å². The Labute approximate surface area is 86.3 Å². The fraction of sp³-hybridized carbons (Fsp3) is 0.455. The summed E-state index contributed by atoms with van der Waals surface area (Å²) in [6, 6.07) is 5.10. The lowest BCUT2D eigenvalue weighted by Gasteiger charge is -2.18. The van der Waals surface area contributed by atoms with Gasteiger partial charge < -0.3 is 0 Å². The van der Waals surface area contributed by atoms with Gasteiger partial charge in [-0.25, -0.2) is 4.39 Å². The Morgan fingerprint density at radius 2 is 2.15 bits per heavy atom. The summed E-state index contributed by atoms with van der Waals surface area (Å²) < 4.78 is 13.0. The van der Waals surface area contributed by atoms with Gasteiger partial charge >= 0.3 is 0 Å². The molecule has 13 heavy (non-hydrogen) atoms. The number of rotatable bonds is 0. The first-order chi connectivity index (χ1) is 6.00. The molecule has 1 unspecified atom stereocenters. The molecule has 0 N–H and O–H groups in total. The normalized spacial score (nSPS) is 24.5. The second-order valence-corrected chi connectivity index (χ2v) is 5.39. The van der Waals surface area contributed by atoms with Crippen LogP contribution in [-0.2, 0) is 5.41 Å². The maximum atomic E-state index is 13.0. The molecule has 1 aliphatic carbocycles. The van der Waals surface area contributed by atoms with Crippen molar-refractivity contribution in [1.29, 1.82) is 0 Å². The van der Waals surface area contributed by atoms with Crippen LogP contribution in [0.25, 0.3) is 0 Å². The molecule has 0 saturated carbocycles. The molecule has 0 aliphatic heterocycles. The number of fused-ring (bicyclic) bond motifs is 1. The summed E-state index contributed by atoms with van der Waals surface area (Å²) in [6.07, 6.45) is 1.05. The standard InChI is InChI=1S/C11H12BrF/c1-11(2)6-10(12)8-5-7(13)3-4-9(8)11/h3-5,10H,6H2,1-2H3. The molecule has 0 saturated heterocycles. The predicted molar refractivity (Wildman–Crippen MR) is 55.7 cm³/mol. The van der Waals surface area contributed by atoms with Crippen molar-refractivity contribution in [2.24, 2.45) is 0 Å². The van der Waals surface area contributed by atoms with Crippen molar-refractivity contribution >= 4 is 15.9 Å². The third-order valence-corrected chi connectivity index (χ3v) is 3.59. The van der Waals surface area contributed by atoms with Crippen LogP contribution in [0, 0.1) is 5.82 Å². The SMILES string of the molecule is CC1(C)CC(Br)c2cc(F)ccc21. The van der Waals surface area contributed by atoms with Crippen LogP contribution in [0.2, 0.25) is 0 Å². The highest BCUT2D eigenvalue weighted by Gasteiger charge is 2.35. The van der Waals surface area contributed by atoms with Crippen molar-refractivity contribution in [3.63, 3.8) is 0 Å². The van der Waals surface area contributed by atoms with Gasteiger partial charge in [-0.3, -0.25) is 0 Å². The lowest BCUT2D eigenvalue weighted by Crippen LogP contribution is -2.11. The molecule has 1 aliphatic rings. The summed E-state index contributed by atoms with van der Waals surface area (Å²) in [5, 5.41) is 0. The topological polar surface area (TPSA) is 0 Å². The Balaban J connectivity index is 2.59. The van der Waals surface area contributed by atoms with Crippen LogP contribution < -0.4 is 0 Å². The van der Waals surface area contributed by atoms with E-state index in [0.29, 0.717) is 4.83 Å². The van der Waals surface area contributed by atoms with E-state index in [4.69, 9.17) is 0 Å². The van der Waals surface area contributed by atoms with Gasteiger partial charge in [0.2, 0.25) is 0 Å². The minimum Gasteiger partial charge on any atom is -0.207 e. The van der Waals surface area contributed by atoms with Crippen molar-refractivity contribution in [3.05, 3.63) is 35.1 Å². The monoisotopic (exact) mass is 242 g/mol. The molecule has 0 bridgehead atoms. The van der Waals surface area contributed by atoms with Crippen LogP contribution in [-0.4, -0.2) is 0 Å². The minimum atomic E-state index is -0.138. The molecule has 1 aromatic carbocycles. The van der Waals surface area contributed by atoms with E-state index in [-0.39, 0.29) is 11.2 Å². The highest BCUT2D eigenvalue weighted by molar-refractivity contribution is 9.09. The summed E-state index contributed by atoms with van der Waals surface area (Å²) in [7, 11) is 0. The molecular weight excluding hydrogens is 231 g/mol. The summed E-state index contributed by atoms with van der Waals surface area (Å²) in [5.41, 5.74) is 2.57. The van der Waals surface area contributed by atoms with Crippen molar-refractivity contribution in [3.8, 4) is 0 Å². The quantitative estimate of drug-likeness (QED) is 0.605. The van der Waals surface area contributed by atoms with E-state index in [0.717, 1.165) is 12.0 Å². The molecule has 0 heterocycles. The van der Waals surface area contributed by atoms with Gasteiger partial charge in [0.1, 0.15) is 5.82 Å².